The molecule has 30 heavy (non-hydrogen) atoms. The van der Waals surface area contributed by atoms with Crippen LogP contribution in [-0.2, 0) is 10.0 Å². The molecule has 0 fully saturated rings. The molecule has 0 aromatic heterocycles. The van der Waals surface area contributed by atoms with Crippen molar-refractivity contribution in [3.05, 3.63) is 82.6 Å². The summed E-state index contributed by atoms with van der Waals surface area (Å²) in [6, 6.07) is 14.5. The number of halogens is 2. The number of benzene rings is 3. The second-order valence-corrected chi connectivity index (χ2v) is 8.48. The fraction of sp³-hybridized carbons (Fsp3) is 0.0952. The summed E-state index contributed by atoms with van der Waals surface area (Å²) in [6.45, 7) is 1.89. The van der Waals surface area contributed by atoms with E-state index >= 15 is 0 Å². The van der Waals surface area contributed by atoms with Gasteiger partial charge in [0.1, 0.15) is 16.5 Å². The Bertz CT molecular complexity index is 1200. The first-order chi connectivity index (χ1) is 14.2. The van der Waals surface area contributed by atoms with E-state index in [4.69, 9.17) is 16.3 Å². The van der Waals surface area contributed by atoms with Crippen molar-refractivity contribution >= 4 is 38.9 Å². The van der Waals surface area contributed by atoms with Gasteiger partial charge in [0.15, 0.2) is 0 Å². The molecule has 0 aliphatic carbocycles. The van der Waals surface area contributed by atoms with Crippen LogP contribution in [0, 0.1) is 12.7 Å². The van der Waals surface area contributed by atoms with Crippen molar-refractivity contribution in [1.82, 2.24) is 0 Å². The first kappa shape index (κ1) is 21.6. The van der Waals surface area contributed by atoms with E-state index in [0.717, 1.165) is 11.6 Å². The molecule has 1 amide bonds. The molecule has 3 rings (SSSR count). The summed E-state index contributed by atoms with van der Waals surface area (Å²) in [5.41, 5.74) is 1.69. The highest BCUT2D eigenvalue weighted by Crippen LogP contribution is 2.28. The zero-order valence-electron chi connectivity index (χ0n) is 16.1. The standard InChI is InChI=1S/C21H18ClFN2O4S/c1-13-3-6-15(7-4-13)25-30(27,28)20-11-14(5-10-19(20)29-2)21(26)24-16-8-9-18(23)17(22)12-16/h3-12,25H,1-2H3,(H,24,26). The van der Waals surface area contributed by atoms with Crippen molar-refractivity contribution in [3.8, 4) is 5.75 Å². The zero-order valence-corrected chi connectivity index (χ0v) is 17.6. The number of sulfonamides is 1. The van der Waals surface area contributed by atoms with Gasteiger partial charge < -0.3 is 10.1 Å². The lowest BCUT2D eigenvalue weighted by atomic mass is 10.2. The van der Waals surface area contributed by atoms with Gasteiger partial charge in [-0.3, -0.25) is 9.52 Å². The van der Waals surface area contributed by atoms with Gasteiger partial charge in [-0.25, -0.2) is 12.8 Å². The van der Waals surface area contributed by atoms with Crippen molar-refractivity contribution in [2.24, 2.45) is 0 Å². The maximum absolute atomic E-state index is 13.3. The number of amides is 1. The Morgan fingerprint density at radius 2 is 1.67 bits per heavy atom. The summed E-state index contributed by atoms with van der Waals surface area (Å²) < 4.78 is 46.7. The van der Waals surface area contributed by atoms with Gasteiger partial charge in [0.25, 0.3) is 15.9 Å². The van der Waals surface area contributed by atoms with E-state index in [1.54, 1.807) is 24.3 Å². The Hall–Kier alpha value is -3.10. The molecule has 0 saturated heterocycles. The largest absolute Gasteiger partial charge is 0.495 e. The van der Waals surface area contributed by atoms with Crippen LogP contribution in [-0.4, -0.2) is 21.4 Å². The van der Waals surface area contributed by atoms with Gasteiger partial charge >= 0.3 is 0 Å². The van der Waals surface area contributed by atoms with Crippen LogP contribution >= 0.6 is 11.6 Å². The molecule has 0 spiro atoms. The summed E-state index contributed by atoms with van der Waals surface area (Å²) >= 11 is 5.72. The van der Waals surface area contributed by atoms with E-state index in [-0.39, 0.29) is 26.9 Å². The normalized spacial score (nSPS) is 11.1. The fourth-order valence-electron chi connectivity index (χ4n) is 2.64. The lowest BCUT2D eigenvalue weighted by Crippen LogP contribution is -2.17. The highest BCUT2D eigenvalue weighted by molar-refractivity contribution is 7.92. The van der Waals surface area contributed by atoms with Crippen molar-refractivity contribution in [2.45, 2.75) is 11.8 Å². The van der Waals surface area contributed by atoms with Gasteiger partial charge in [-0.1, -0.05) is 29.3 Å². The van der Waals surface area contributed by atoms with E-state index in [2.05, 4.69) is 10.0 Å². The van der Waals surface area contributed by atoms with Crippen LogP contribution in [0.15, 0.2) is 65.6 Å². The first-order valence-electron chi connectivity index (χ1n) is 8.73. The summed E-state index contributed by atoms with van der Waals surface area (Å²) in [4.78, 5) is 12.4. The molecular formula is C21H18ClFN2O4S. The third-order valence-electron chi connectivity index (χ3n) is 4.20. The number of anilines is 2. The quantitative estimate of drug-likeness (QED) is 0.564. The number of aryl methyl sites for hydroxylation is 1. The summed E-state index contributed by atoms with van der Waals surface area (Å²) in [5, 5.41) is 2.41. The summed E-state index contributed by atoms with van der Waals surface area (Å²) in [5.74, 6) is -1.13. The Balaban J connectivity index is 1.91. The lowest BCUT2D eigenvalue weighted by molar-refractivity contribution is 0.102. The second kappa shape index (κ2) is 8.73. The van der Waals surface area contributed by atoms with Gasteiger partial charge in [0, 0.05) is 16.9 Å². The molecule has 0 radical (unpaired) electrons. The Morgan fingerprint density at radius 1 is 1.00 bits per heavy atom. The number of rotatable bonds is 6. The number of methoxy groups -OCH3 is 1. The molecule has 6 nitrogen and oxygen atoms in total. The average molecular weight is 449 g/mol. The Labute approximate surface area is 178 Å². The third-order valence-corrected chi connectivity index (χ3v) is 5.89. The van der Waals surface area contributed by atoms with E-state index in [1.807, 2.05) is 6.92 Å². The minimum Gasteiger partial charge on any atom is -0.495 e. The van der Waals surface area contributed by atoms with Gasteiger partial charge in [-0.2, -0.15) is 0 Å². The number of carbonyl (C=O) groups excluding carboxylic acids is 1. The highest BCUT2D eigenvalue weighted by Gasteiger charge is 2.22. The number of nitrogens with one attached hydrogen (secondary N) is 2. The molecule has 0 heterocycles. The minimum atomic E-state index is -4.04. The lowest BCUT2D eigenvalue weighted by Gasteiger charge is -2.13. The van der Waals surface area contributed by atoms with Gasteiger partial charge in [-0.05, 0) is 55.5 Å². The van der Waals surface area contributed by atoms with Crippen molar-refractivity contribution in [3.63, 3.8) is 0 Å². The van der Waals surface area contributed by atoms with Crippen LogP contribution in [0.3, 0.4) is 0 Å². The van der Waals surface area contributed by atoms with Crippen molar-refractivity contribution < 1.29 is 22.3 Å². The number of ether oxygens (including phenoxy) is 1. The average Bonchev–Trinajstić information content (AvgIpc) is 2.71. The maximum Gasteiger partial charge on any atom is 0.265 e. The number of hydrogen-bond donors (Lipinski definition) is 2. The van der Waals surface area contributed by atoms with Crippen LogP contribution in [0.5, 0.6) is 5.75 Å². The summed E-state index contributed by atoms with van der Waals surface area (Å²) in [6.07, 6.45) is 0. The molecule has 0 aliphatic heterocycles. The molecule has 0 unspecified atom stereocenters. The van der Waals surface area contributed by atoms with E-state index in [0.29, 0.717) is 5.69 Å². The van der Waals surface area contributed by atoms with E-state index in [9.17, 15) is 17.6 Å². The van der Waals surface area contributed by atoms with Crippen molar-refractivity contribution in [1.29, 1.82) is 0 Å². The second-order valence-electron chi connectivity index (χ2n) is 6.42. The Kier molecular flexibility index (Phi) is 6.28. The van der Waals surface area contributed by atoms with E-state index < -0.39 is 21.7 Å². The van der Waals surface area contributed by atoms with Crippen LogP contribution < -0.4 is 14.8 Å². The van der Waals surface area contributed by atoms with Crippen LogP contribution in [0.1, 0.15) is 15.9 Å². The topological polar surface area (TPSA) is 84.5 Å². The molecule has 0 aliphatic rings. The van der Waals surface area contributed by atoms with Gasteiger partial charge in [-0.15, -0.1) is 0 Å². The smallest absolute Gasteiger partial charge is 0.265 e. The van der Waals surface area contributed by atoms with Crippen molar-refractivity contribution in [2.75, 3.05) is 17.1 Å². The molecule has 2 N–H and O–H groups in total. The molecule has 0 bridgehead atoms. The fourth-order valence-corrected chi connectivity index (χ4v) is 4.07. The van der Waals surface area contributed by atoms with Gasteiger partial charge in [0.05, 0.1) is 12.1 Å². The van der Waals surface area contributed by atoms with Crippen LogP contribution in [0.25, 0.3) is 0 Å². The molecule has 9 heteroatoms. The number of carbonyl (C=O) groups is 1. The predicted octanol–water partition coefficient (Wildman–Crippen LogP) is 4.85. The van der Waals surface area contributed by atoms with E-state index in [1.165, 1.54) is 37.4 Å². The highest BCUT2D eigenvalue weighted by atomic mass is 35.5. The first-order valence-corrected chi connectivity index (χ1v) is 10.6. The zero-order chi connectivity index (χ0) is 21.9. The monoisotopic (exact) mass is 448 g/mol. The molecule has 156 valence electrons. The maximum atomic E-state index is 13.3. The van der Waals surface area contributed by atoms with Crippen LogP contribution in [0.2, 0.25) is 5.02 Å². The van der Waals surface area contributed by atoms with Crippen LogP contribution in [0.4, 0.5) is 15.8 Å². The molecular weight excluding hydrogens is 431 g/mol. The summed E-state index contributed by atoms with van der Waals surface area (Å²) in [7, 11) is -2.70. The van der Waals surface area contributed by atoms with Gasteiger partial charge in [0.2, 0.25) is 0 Å². The minimum absolute atomic E-state index is 0.0699. The number of hydrogen-bond acceptors (Lipinski definition) is 4. The SMILES string of the molecule is COc1ccc(C(=O)Nc2ccc(F)c(Cl)c2)cc1S(=O)(=O)Nc1ccc(C)cc1. The third kappa shape index (κ3) is 4.90. The molecule has 0 saturated carbocycles. The predicted molar refractivity (Wildman–Crippen MR) is 114 cm³/mol. The molecule has 3 aromatic carbocycles. The Morgan fingerprint density at radius 3 is 2.30 bits per heavy atom. The molecule has 3 aromatic rings. The molecule has 0 atom stereocenters.